The molecule has 2 N–H and O–H groups in total. The van der Waals surface area contributed by atoms with Gasteiger partial charge < -0.3 is 24.3 Å². The van der Waals surface area contributed by atoms with Crippen molar-refractivity contribution in [3.63, 3.8) is 0 Å². The highest BCUT2D eigenvalue weighted by Gasteiger charge is 2.42. The van der Waals surface area contributed by atoms with Crippen molar-refractivity contribution < 1.29 is 60.1 Å². The number of amides is 1. The van der Waals surface area contributed by atoms with E-state index in [1.165, 1.54) is 0 Å². The number of aromatic nitrogens is 1. The first-order valence-electron chi connectivity index (χ1n) is 11.3. The summed E-state index contributed by atoms with van der Waals surface area (Å²) >= 11 is 0. The van der Waals surface area contributed by atoms with E-state index in [1.54, 1.807) is 12.5 Å². The maximum Gasteiger partial charge on any atom is 0.490 e. The van der Waals surface area contributed by atoms with Crippen molar-refractivity contribution in [1.82, 2.24) is 14.8 Å². The summed E-state index contributed by atoms with van der Waals surface area (Å²) in [5, 5.41) is 14.2. The number of carbonyl (C=O) groups is 3. The zero-order valence-electron chi connectivity index (χ0n) is 20.2. The number of aliphatic carboxylic acids is 2. The van der Waals surface area contributed by atoms with Gasteiger partial charge in [-0.25, -0.2) is 9.59 Å². The van der Waals surface area contributed by atoms with Gasteiger partial charge >= 0.3 is 24.3 Å². The Hall–Kier alpha value is -3.66. The molecule has 16 heteroatoms. The fourth-order valence-electron chi connectivity index (χ4n) is 3.66. The Labute approximate surface area is 217 Å². The molecule has 0 aromatic carbocycles. The molecule has 2 saturated heterocycles. The number of carboxylic acids is 2. The lowest BCUT2D eigenvalue weighted by Crippen LogP contribution is -2.58. The molecule has 2 fully saturated rings. The van der Waals surface area contributed by atoms with Crippen molar-refractivity contribution in [2.45, 2.75) is 43.9 Å². The van der Waals surface area contributed by atoms with Gasteiger partial charge in [0.05, 0.1) is 37.2 Å². The van der Waals surface area contributed by atoms with Crippen LogP contribution in [0.1, 0.15) is 24.3 Å². The predicted octanol–water partition coefficient (Wildman–Crippen LogP) is 3.33. The van der Waals surface area contributed by atoms with Crippen LogP contribution < -0.4 is 0 Å². The fraction of sp³-hybridized carbons (Fsp3) is 0.478. The highest BCUT2D eigenvalue weighted by atomic mass is 19.4. The van der Waals surface area contributed by atoms with E-state index in [1.807, 2.05) is 35.2 Å². The average molecular weight is 569 g/mol. The Morgan fingerprint density at radius 1 is 0.949 bits per heavy atom. The van der Waals surface area contributed by atoms with Crippen LogP contribution in [0.15, 0.2) is 47.2 Å². The number of carbonyl (C=O) groups excluding carboxylic acids is 1. The Balaban J connectivity index is 0.000000317. The summed E-state index contributed by atoms with van der Waals surface area (Å²) in [5.74, 6) is -4.47. The van der Waals surface area contributed by atoms with Gasteiger partial charge in [0.1, 0.15) is 12.4 Å². The molecule has 0 atom stereocenters. The van der Waals surface area contributed by atoms with E-state index < -0.39 is 24.3 Å². The highest BCUT2D eigenvalue weighted by molar-refractivity contribution is 5.78. The summed E-state index contributed by atoms with van der Waals surface area (Å²) < 4.78 is 74.9. The molecule has 39 heavy (non-hydrogen) atoms. The first kappa shape index (κ1) is 31.6. The van der Waals surface area contributed by atoms with Crippen LogP contribution in [0, 0.1) is 0 Å². The van der Waals surface area contributed by atoms with Crippen LogP contribution >= 0.6 is 0 Å². The van der Waals surface area contributed by atoms with Crippen molar-refractivity contribution >= 4 is 17.8 Å². The van der Waals surface area contributed by atoms with Gasteiger partial charge in [0.25, 0.3) is 0 Å². The number of hydrogen-bond acceptors (Lipinski definition) is 7. The molecule has 2 aromatic rings. The molecule has 0 saturated carbocycles. The summed E-state index contributed by atoms with van der Waals surface area (Å²) in [7, 11) is 0. The van der Waals surface area contributed by atoms with Gasteiger partial charge in [0.2, 0.25) is 5.91 Å². The molecule has 0 radical (unpaired) electrons. The Morgan fingerprint density at radius 3 is 2.00 bits per heavy atom. The minimum Gasteiger partial charge on any atom is -0.475 e. The quantitative estimate of drug-likeness (QED) is 0.532. The number of furan rings is 1. The highest BCUT2D eigenvalue weighted by Crippen LogP contribution is 2.31. The van der Waals surface area contributed by atoms with Crippen LogP contribution in [0.3, 0.4) is 0 Å². The molecule has 10 nitrogen and oxygen atoms in total. The fourth-order valence-corrected chi connectivity index (χ4v) is 3.66. The normalized spacial score (nSPS) is 17.5. The zero-order valence-corrected chi connectivity index (χ0v) is 20.2. The van der Waals surface area contributed by atoms with Crippen LogP contribution in [0.2, 0.25) is 0 Å². The van der Waals surface area contributed by atoms with E-state index >= 15 is 0 Å². The van der Waals surface area contributed by atoms with Gasteiger partial charge in [-0.15, -0.1) is 0 Å². The van der Waals surface area contributed by atoms with E-state index in [-0.39, 0.29) is 18.1 Å². The van der Waals surface area contributed by atoms with Gasteiger partial charge in [0.15, 0.2) is 0 Å². The molecule has 0 aliphatic carbocycles. The predicted molar refractivity (Wildman–Crippen MR) is 119 cm³/mol. The van der Waals surface area contributed by atoms with Crippen molar-refractivity contribution in [2.24, 2.45) is 0 Å². The third-order valence-electron chi connectivity index (χ3n) is 5.62. The maximum atomic E-state index is 12.3. The molecule has 4 rings (SSSR count). The minimum absolute atomic E-state index is 0.0503. The summed E-state index contributed by atoms with van der Waals surface area (Å²) in [6.45, 7) is 4.11. The molecule has 2 aliphatic heterocycles. The lowest BCUT2D eigenvalue weighted by atomic mass is 9.89. The number of hydrogen-bond donors (Lipinski definition) is 2. The zero-order chi connectivity index (χ0) is 29.3. The molecule has 2 aliphatic rings. The molecule has 4 heterocycles. The first-order chi connectivity index (χ1) is 18.1. The van der Waals surface area contributed by atoms with Gasteiger partial charge in [0, 0.05) is 19.3 Å². The molecular formula is C23H25F6N3O7. The first-order valence-corrected chi connectivity index (χ1v) is 11.3. The van der Waals surface area contributed by atoms with E-state index in [4.69, 9.17) is 29.0 Å². The molecule has 0 unspecified atom stereocenters. The van der Waals surface area contributed by atoms with Gasteiger partial charge in [-0.05, 0) is 37.1 Å². The molecule has 1 amide bonds. The minimum atomic E-state index is -5.08. The molecule has 216 valence electrons. The van der Waals surface area contributed by atoms with Crippen molar-refractivity contribution in [2.75, 3.05) is 26.2 Å². The van der Waals surface area contributed by atoms with E-state index in [0.29, 0.717) is 13.1 Å². The molecule has 2 aromatic heterocycles. The van der Waals surface area contributed by atoms with Crippen LogP contribution in [-0.4, -0.2) is 87.0 Å². The number of piperidine rings is 1. The summed E-state index contributed by atoms with van der Waals surface area (Å²) in [6, 6.07) is 9.74. The topological polar surface area (TPSA) is 133 Å². The third kappa shape index (κ3) is 10.6. The smallest absolute Gasteiger partial charge is 0.475 e. The summed E-state index contributed by atoms with van der Waals surface area (Å²) in [4.78, 5) is 38.7. The second-order valence-corrected chi connectivity index (χ2v) is 8.50. The largest absolute Gasteiger partial charge is 0.490 e. The van der Waals surface area contributed by atoms with E-state index in [9.17, 15) is 31.1 Å². The van der Waals surface area contributed by atoms with Crippen molar-refractivity contribution in [3.05, 3.63) is 54.2 Å². The lowest BCUT2D eigenvalue weighted by molar-refractivity contribution is -0.193. The number of ether oxygens (including phenoxy) is 1. The second-order valence-electron chi connectivity index (χ2n) is 8.50. The summed E-state index contributed by atoms with van der Waals surface area (Å²) in [6.07, 6.45) is -4.82. The number of alkyl halides is 6. The number of nitrogens with zero attached hydrogens (tertiary/aromatic N) is 3. The van der Waals surface area contributed by atoms with E-state index in [0.717, 1.165) is 43.9 Å². The Bertz CT molecular complexity index is 1050. The number of rotatable bonds is 4. The Morgan fingerprint density at radius 2 is 1.54 bits per heavy atom. The van der Waals surface area contributed by atoms with Crippen molar-refractivity contribution in [1.29, 1.82) is 0 Å². The van der Waals surface area contributed by atoms with Crippen LogP contribution in [0.4, 0.5) is 26.3 Å². The van der Waals surface area contributed by atoms with Crippen LogP contribution in [0.25, 0.3) is 0 Å². The van der Waals surface area contributed by atoms with Crippen molar-refractivity contribution in [3.8, 4) is 0 Å². The number of halogens is 6. The van der Waals surface area contributed by atoms with Crippen LogP contribution in [-0.2, 0) is 32.2 Å². The SMILES string of the molecule is O=C(O)C(F)(F)F.O=C(O)C(F)(F)F.O=C1COC2(CCN(Cc3ccco3)CC2)CN1Cc1ccccn1. The summed E-state index contributed by atoms with van der Waals surface area (Å²) in [5.41, 5.74) is 0.700. The number of pyridine rings is 1. The molecule has 0 bridgehead atoms. The third-order valence-corrected chi connectivity index (χ3v) is 5.62. The second kappa shape index (κ2) is 13.4. The van der Waals surface area contributed by atoms with Gasteiger partial charge in [-0.1, -0.05) is 6.07 Å². The molecule has 1 spiro atoms. The standard InChI is InChI=1S/C19H23N3O3.2C2HF3O2/c23-18-14-25-19(15-22(18)12-16-4-1-2-8-20-16)6-9-21(10-7-19)13-17-5-3-11-24-17;2*3-2(4,5)1(6)7/h1-5,8,11H,6-7,9-10,12-15H2;2*(H,6,7). The lowest BCUT2D eigenvalue weighted by Gasteiger charge is -2.46. The van der Waals surface area contributed by atoms with Gasteiger partial charge in [-0.2, -0.15) is 26.3 Å². The monoisotopic (exact) mass is 569 g/mol. The number of carboxylic acid groups (broad SMARTS) is 2. The molecular weight excluding hydrogens is 544 g/mol. The number of likely N-dealkylation sites (tertiary alicyclic amines) is 1. The van der Waals surface area contributed by atoms with Crippen LogP contribution in [0.5, 0.6) is 0 Å². The van der Waals surface area contributed by atoms with E-state index in [2.05, 4.69) is 9.88 Å². The van der Waals surface area contributed by atoms with Gasteiger partial charge in [-0.3, -0.25) is 14.7 Å². The Kier molecular flexibility index (Phi) is 10.9. The average Bonchev–Trinajstić information content (AvgIpc) is 3.37. The number of morpholine rings is 1. The maximum absolute atomic E-state index is 12.3.